The van der Waals surface area contributed by atoms with Gasteiger partial charge in [-0.2, -0.15) is 0 Å². The van der Waals surface area contributed by atoms with Crippen LogP contribution in [0.25, 0.3) is 0 Å². The Hall–Kier alpha value is -2.12. The van der Waals surface area contributed by atoms with Gasteiger partial charge in [-0.05, 0) is 49.4 Å². The molecule has 1 saturated carbocycles. The third-order valence-electron chi connectivity index (χ3n) is 7.96. The van der Waals surface area contributed by atoms with Crippen molar-refractivity contribution in [3.8, 4) is 0 Å². The summed E-state index contributed by atoms with van der Waals surface area (Å²) in [7, 11) is 0. The lowest BCUT2D eigenvalue weighted by Gasteiger charge is -2.41. The highest BCUT2D eigenvalue weighted by Crippen LogP contribution is 2.43. The van der Waals surface area contributed by atoms with Crippen molar-refractivity contribution < 1.29 is 39.6 Å². The summed E-state index contributed by atoms with van der Waals surface area (Å²) in [5.41, 5.74) is 0. The van der Waals surface area contributed by atoms with Gasteiger partial charge >= 0.3 is 23.9 Å². The quantitative estimate of drug-likeness (QED) is 0.146. The molecule has 4 unspecified atom stereocenters. The molecule has 8 heteroatoms. The van der Waals surface area contributed by atoms with Crippen molar-refractivity contribution in [2.24, 2.45) is 35.5 Å². The van der Waals surface area contributed by atoms with E-state index in [1.807, 2.05) is 0 Å². The third kappa shape index (κ3) is 10.4. The minimum Gasteiger partial charge on any atom is -0.481 e. The SMILES string of the molecule is CC1CCC(CCCCCCC(C(=O)O)C(=O)O)C(CCCCCCC(C(=O)O)C(=O)O)C1C. The van der Waals surface area contributed by atoms with Crippen molar-refractivity contribution in [2.45, 2.75) is 104 Å². The molecule has 0 heterocycles. The topological polar surface area (TPSA) is 149 Å². The second-order valence-electron chi connectivity index (χ2n) is 10.3. The zero-order valence-corrected chi connectivity index (χ0v) is 20.8. The first-order valence-electron chi connectivity index (χ1n) is 13.0. The highest BCUT2D eigenvalue weighted by molar-refractivity contribution is 5.93. The van der Waals surface area contributed by atoms with Gasteiger partial charge in [0.05, 0.1) is 0 Å². The molecule has 1 rings (SSSR count). The van der Waals surface area contributed by atoms with Crippen LogP contribution >= 0.6 is 0 Å². The third-order valence-corrected chi connectivity index (χ3v) is 7.96. The van der Waals surface area contributed by atoms with E-state index in [1.165, 1.54) is 12.8 Å². The smallest absolute Gasteiger partial charge is 0.317 e. The fourth-order valence-corrected chi connectivity index (χ4v) is 5.56. The number of unbranched alkanes of at least 4 members (excludes halogenated alkanes) is 6. The van der Waals surface area contributed by atoms with Crippen LogP contribution in [-0.4, -0.2) is 44.3 Å². The molecule has 0 radical (unpaired) electrons. The van der Waals surface area contributed by atoms with Crippen LogP contribution < -0.4 is 0 Å². The zero-order chi connectivity index (χ0) is 25.7. The van der Waals surface area contributed by atoms with Crippen LogP contribution in [0.1, 0.15) is 104 Å². The molecule has 0 aromatic heterocycles. The van der Waals surface area contributed by atoms with Crippen molar-refractivity contribution in [3.63, 3.8) is 0 Å². The highest BCUT2D eigenvalue weighted by Gasteiger charge is 2.34. The summed E-state index contributed by atoms with van der Waals surface area (Å²) >= 11 is 0. The molecule has 8 nitrogen and oxygen atoms in total. The minimum absolute atomic E-state index is 0.184. The Morgan fingerprint density at radius 3 is 1.47 bits per heavy atom. The second-order valence-corrected chi connectivity index (χ2v) is 10.3. The van der Waals surface area contributed by atoms with Crippen LogP contribution in [-0.2, 0) is 19.2 Å². The Morgan fingerprint density at radius 1 is 0.618 bits per heavy atom. The van der Waals surface area contributed by atoms with Crippen molar-refractivity contribution in [1.29, 1.82) is 0 Å². The van der Waals surface area contributed by atoms with Gasteiger partial charge in [0, 0.05) is 0 Å². The van der Waals surface area contributed by atoms with Crippen LogP contribution in [0.4, 0.5) is 0 Å². The Labute approximate surface area is 203 Å². The number of carboxylic acids is 4. The molecule has 1 fully saturated rings. The number of carboxylic acid groups (broad SMARTS) is 4. The summed E-state index contributed by atoms with van der Waals surface area (Å²) in [6, 6.07) is 0. The van der Waals surface area contributed by atoms with E-state index in [9.17, 15) is 19.2 Å². The molecule has 0 amide bonds. The van der Waals surface area contributed by atoms with Crippen molar-refractivity contribution in [3.05, 3.63) is 0 Å². The fraction of sp³-hybridized carbons (Fsp3) is 0.846. The number of carbonyl (C=O) groups is 4. The standard InChI is InChI=1S/C26H44O8/c1-17-15-16-19(11-7-3-4-9-13-21(23(27)28)24(29)30)20(18(17)2)12-8-5-6-10-14-22(25(31)32)26(33)34/h17-22H,3-16H2,1-2H3,(H,27,28)(H,29,30)(H,31,32)(H,33,34). The Bertz CT molecular complexity index is 633. The van der Waals surface area contributed by atoms with Gasteiger partial charge in [0.25, 0.3) is 0 Å². The first kappa shape index (κ1) is 29.9. The molecule has 0 aromatic rings. The number of rotatable bonds is 18. The van der Waals surface area contributed by atoms with E-state index in [-0.39, 0.29) is 12.8 Å². The van der Waals surface area contributed by atoms with Gasteiger partial charge in [-0.1, -0.05) is 78.1 Å². The van der Waals surface area contributed by atoms with Gasteiger partial charge in [0.1, 0.15) is 0 Å². The van der Waals surface area contributed by atoms with Gasteiger partial charge in [-0.15, -0.1) is 0 Å². The van der Waals surface area contributed by atoms with Gasteiger partial charge in [0.15, 0.2) is 11.8 Å². The Kier molecular flexibility index (Phi) is 13.8. The van der Waals surface area contributed by atoms with Crippen LogP contribution in [0, 0.1) is 35.5 Å². The summed E-state index contributed by atoms with van der Waals surface area (Å²) in [6.45, 7) is 4.68. The Morgan fingerprint density at radius 2 is 1.03 bits per heavy atom. The van der Waals surface area contributed by atoms with Gasteiger partial charge in [-0.3, -0.25) is 19.2 Å². The molecule has 196 valence electrons. The average Bonchev–Trinajstić information content (AvgIpc) is 2.75. The van der Waals surface area contributed by atoms with E-state index in [0.717, 1.165) is 51.4 Å². The van der Waals surface area contributed by atoms with Crippen molar-refractivity contribution >= 4 is 23.9 Å². The lowest BCUT2D eigenvalue weighted by Crippen LogP contribution is -2.32. The molecule has 0 aromatic carbocycles. The summed E-state index contributed by atoms with van der Waals surface area (Å²) in [5.74, 6) is -4.93. The number of aliphatic carboxylic acids is 4. The first-order valence-corrected chi connectivity index (χ1v) is 13.0. The molecule has 4 atom stereocenters. The molecule has 1 aliphatic carbocycles. The molecule has 0 spiro atoms. The van der Waals surface area contributed by atoms with Crippen LogP contribution in [0.5, 0.6) is 0 Å². The lowest BCUT2D eigenvalue weighted by molar-refractivity contribution is -0.156. The molecular weight excluding hydrogens is 440 g/mol. The van der Waals surface area contributed by atoms with E-state index in [1.54, 1.807) is 0 Å². The normalized spacial score (nSPS) is 22.7. The fourth-order valence-electron chi connectivity index (χ4n) is 5.56. The van der Waals surface area contributed by atoms with Gasteiger partial charge in [0.2, 0.25) is 0 Å². The molecule has 0 aliphatic heterocycles. The lowest BCUT2D eigenvalue weighted by atomic mass is 9.65. The highest BCUT2D eigenvalue weighted by atomic mass is 16.4. The van der Waals surface area contributed by atoms with E-state index in [4.69, 9.17) is 20.4 Å². The maximum Gasteiger partial charge on any atom is 0.317 e. The molecule has 0 saturated heterocycles. The minimum atomic E-state index is -1.30. The van der Waals surface area contributed by atoms with E-state index < -0.39 is 35.7 Å². The molecule has 1 aliphatic rings. The van der Waals surface area contributed by atoms with E-state index in [0.29, 0.717) is 36.5 Å². The first-order chi connectivity index (χ1) is 16.1. The molecule has 34 heavy (non-hydrogen) atoms. The average molecular weight is 485 g/mol. The Balaban J connectivity index is 2.34. The van der Waals surface area contributed by atoms with Crippen LogP contribution in [0.2, 0.25) is 0 Å². The summed E-state index contributed by atoms with van der Waals surface area (Å²) in [6.07, 6.45) is 12.2. The molecule has 0 bridgehead atoms. The zero-order valence-electron chi connectivity index (χ0n) is 20.8. The molecule has 4 N–H and O–H groups in total. The van der Waals surface area contributed by atoms with Crippen molar-refractivity contribution in [2.75, 3.05) is 0 Å². The van der Waals surface area contributed by atoms with Crippen LogP contribution in [0.15, 0.2) is 0 Å². The maximum absolute atomic E-state index is 11.0. The van der Waals surface area contributed by atoms with E-state index in [2.05, 4.69) is 13.8 Å². The van der Waals surface area contributed by atoms with Crippen molar-refractivity contribution in [1.82, 2.24) is 0 Å². The summed E-state index contributed by atoms with van der Waals surface area (Å²) in [4.78, 5) is 43.9. The largest absolute Gasteiger partial charge is 0.481 e. The van der Waals surface area contributed by atoms with Gasteiger partial charge < -0.3 is 20.4 Å². The predicted molar refractivity (Wildman–Crippen MR) is 127 cm³/mol. The van der Waals surface area contributed by atoms with E-state index >= 15 is 0 Å². The monoisotopic (exact) mass is 484 g/mol. The van der Waals surface area contributed by atoms with Crippen LogP contribution in [0.3, 0.4) is 0 Å². The molecular formula is C26H44O8. The number of hydrogen-bond acceptors (Lipinski definition) is 4. The number of hydrogen-bond donors (Lipinski definition) is 4. The second kappa shape index (κ2) is 15.7. The summed E-state index contributed by atoms with van der Waals surface area (Å²) in [5, 5.41) is 35.8. The summed E-state index contributed by atoms with van der Waals surface area (Å²) < 4.78 is 0. The maximum atomic E-state index is 11.0. The predicted octanol–water partition coefficient (Wildman–Crippen LogP) is 5.54. The van der Waals surface area contributed by atoms with Gasteiger partial charge in [-0.25, -0.2) is 0 Å².